The smallest absolute Gasteiger partial charge is 0.254 e. The third-order valence-corrected chi connectivity index (χ3v) is 4.03. The molecule has 0 N–H and O–H groups in total. The van der Waals surface area contributed by atoms with Gasteiger partial charge in [-0.1, -0.05) is 29.8 Å². The average molecular weight is 283 g/mol. The van der Waals surface area contributed by atoms with E-state index >= 15 is 0 Å². The van der Waals surface area contributed by atoms with Gasteiger partial charge in [0.15, 0.2) is 0 Å². The van der Waals surface area contributed by atoms with Crippen LogP contribution in [-0.4, -0.2) is 17.4 Å². The minimum atomic E-state index is -0.316. The Bertz CT molecular complexity index is 651. The zero-order valence-corrected chi connectivity index (χ0v) is 12.1. The van der Waals surface area contributed by atoms with Crippen LogP contribution in [-0.2, 0) is 0 Å². The maximum absolute atomic E-state index is 13.0. The number of aryl methyl sites for hydroxylation is 1. The Morgan fingerprint density at radius 1 is 1.19 bits per heavy atom. The number of hydrogen-bond acceptors (Lipinski definition) is 1. The molecule has 1 fully saturated rings. The van der Waals surface area contributed by atoms with Crippen molar-refractivity contribution < 1.29 is 9.18 Å². The van der Waals surface area contributed by atoms with Gasteiger partial charge in [-0.25, -0.2) is 4.39 Å². The fourth-order valence-electron chi connectivity index (χ4n) is 2.99. The molecule has 0 bridgehead atoms. The molecule has 0 saturated carbocycles. The van der Waals surface area contributed by atoms with Gasteiger partial charge in [0.05, 0.1) is 6.04 Å². The van der Waals surface area contributed by atoms with E-state index in [9.17, 15) is 9.18 Å². The van der Waals surface area contributed by atoms with Crippen molar-refractivity contribution in [1.82, 2.24) is 4.90 Å². The van der Waals surface area contributed by atoms with Gasteiger partial charge in [-0.15, -0.1) is 0 Å². The lowest BCUT2D eigenvalue weighted by atomic mass is 10.0. The Morgan fingerprint density at radius 3 is 2.67 bits per heavy atom. The molecule has 2 nitrogen and oxygen atoms in total. The van der Waals surface area contributed by atoms with E-state index in [1.165, 1.54) is 23.3 Å². The molecule has 0 spiro atoms. The van der Waals surface area contributed by atoms with E-state index in [-0.39, 0.29) is 17.8 Å². The summed E-state index contributed by atoms with van der Waals surface area (Å²) < 4.78 is 13.0. The number of carbonyl (C=O) groups is 1. The first-order valence-corrected chi connectivity index (χ1v) is 7.28. The molecule has 1 aliphatic rings. The molecule has 1 heterocycles. The molecule has 2 aromatic rings. The van der Waals surface area contributed by atoms with Crippen LogP contribution in [0.25, 0.3) is 0 Å². The molecule has 0 radical (unpaired) electrons. The highest BCUT2D eigenvalue weighted by Gasteiger charge is 2.30. The fraction of sp³-hybridized carbons (Fsp3) is 0.278. The van der Waals surface area contributed by atoms with Gasteiger partial charge in [0, 0.05) is 12.1 Å². The lowest BCUT2D eigenvalue weighted by Crippen LogP contribution is -2.30. The molecule has 1 aliphatic heterocycles. The van der Waals surface area contributed by atoms with Gasteiger partial charge in [-0.3, -0.25) is 4.79 Å². The van der Waals surface area contributed by atoms with Gasteiger partial charge in [-0.05, 0) is 49.6 Å². The minimum Gasteiger partial charge on any atom is -0.332 e. The van der Waals surface area contributed by atoms with E-state index in [0.717, 1.165) is 19.4 Å². The van der Waals surface area contributed by atoms with E-state index in [0.29, 0.717) is 5.56 Å². The van der Waals surface area contributed by atoms with Crippen LogP contribution in [0.2, 0.25) is 0 Å². The van der Waals surface area contributed by atoms with Crippen molar-refractivity contribution in [1.29, 1.82) is 0 Å². The summed E-state index contributed by atoms with van der Waals surface area (Å²) in [7, 11) is 0. The highest BCUT2D eigenvalue weighted by atomic mass is 19.1. The average Bonchev–Trinajstić information content (AvgIpc) is 2.97. The molecule has 0 aliphatic carbocycles. The summed E-state index contributed by atoms with van der Waals surface area (Å²) in [5, 5.41) is 0. The van der Waals surface area contributed by atoms with E-state index in [1.807, 2.05) is 11.0 Å². The number of amides is 1. The lowest BCUT2D eigenvalue weighted by Gasteiger charge is -2.25. The maximum Gasteiger partial charge on any atom is 0.254 e. The second-order valence-corrected chi connectivity index (χ2v) is 5.58. The van der Waals surface area contributed by atoms with Gasteiger partial charge in [0.1, 0.15) is 5.82 Å². The highest BCUT2D eigenvalue weighted by Crippen LogP contribution is 2.33. The molecular weight excluding hydrogens is 265 g/mol. The quantitative estimate of drug-likeness (QED) is 0.812. The number of nitrogens with zero attached hydrogens (tertiary/aromatic N) is 1. The zero-order chi connectivity index (χ0) is 14.8. The van der Waals surface area contributed by atoms with Crippen LogP contribution in [0.15, 0.2) is 48.5 Å². The van der Waals surface area contributed by atoms with Crippen molar-refractivity contribution >= 4 is 5.91 Å². The first-order chi connectivity index (χ1) is 10.1. The summed E-state index contributed by atoms with van der Waals surface area (Å²) in [5.41, 5.74) is 2.94. The maximum atomic E-state index is 13.0. The van der Waals surface area contributed by atoms with Crippen LogP contribution in [0.3, 0.4) is 0 Å². The summed E-state index contributed by atoms with van der Waals surface area (Å²) in [6, 6.07) is 14.2. The van der Waals surface area contributed by atoms with Crippen molar-refractivity contribution in [3.8, 4) is 0 Å². The Hall–Kier alpha value is -2.16. The number of hydrogen-bond donors (Lipinski definition) is 0. The van der Waals surface area contributed by atoms with Crippen molar-refractivity contribution in [3.05, 3.63) is 71.0 Å². The van der Waals surface area contributed by atoms with E-state index < -0.39 is 0 Å². The van der Waals surface area contributed by atoms with Crippen LogP contribution < -0.4 is 0 Å². The Morgan fingerprint density at radius 2 is 1.95 bits per heavy atom. The van der Waals surface area contributed by atoms with E-state index in [4.69, 9.17) is 0 Å². The van der Waals surface area contributed by atoms with Gasteiger partial charge in [-0.2, -0.15) is 0 Å². The summed E-state index contributed by atoms with van der Waals surface area (Å²) in [5.74, 6) is -0.331. The first kappa shape index (κ1) is 13.8. The number of carbonyl (C=O) groups excluding carboxylic acids is 1. The largest absolute Gasteiger partial charge is 0.332 e. The minimum absolute atomic E-state index is 0.0148. The van der Waals surface area contributed by atoms with Crippen molar-refractivity contribution in [3.63, 3.8) is 0 Å². The van der Waals surface area contributed by atoms with Crippen molar-refractivity contribution in [2.45, 2.75) is 25.8 Å². The Labute approximate surface area is 124 Å². The second-order valence-electron chi connectivity index (χ2n) is 5.58. The van der Waals surface area contributed by atoms with Crippen LogP contribution >= 0.6 is 0 Å². The third kappa shape index (κ3) is 2.82. The fourth-order valence-corrected chi connectivity index (χ4v) is 2.99. The summed E-state index contributed by atoms with van der Waals surface area (Å²) in [6.07, 6.45) is 1.99. The standard InChI is InChI=1S/C18H18FNO/c1-13-4-2-5-15(12-13)17-6-3-11-20(17)18(21)14-7-9-16(19)10-8-14/h2,4-5,7-10,12,17H,3,6,11H2,1H3/t17-/m1/s1. The monoisotopic (exact) mass is 283 g/mol. The van der Waals surface area contributed by atoms with E-state index in [2.05, 4.69) is 25.1 Å². The number of likely N-dealkylation sites (tertiary alicyclic amines) is 1. The molecule has 3 heteroatoms. The van der Waals surface area contributed by atoms with Crippen molar-refractivity contribution in [2.75, 3.05) is 6.54 Å². The van der Waals surface area contributed by atoms with Gasteiger partial charge in [0.2, 0.25) is 0 Å². The molecule has 108 valence electrons. The molecule has 3 rings (SSSR count). The normalized spacial score (nSPS) is 18.0. The van der Waals surface area contributed by atoms with Crippen LogP contribution in [0, 0.1) is 12.7 Å². The second kappa shape index (κ2) is 5.68. The molecule has 0 aromatic heterocycles. The number of rotatable bonds is 2. The topological polar surface area (TPSA) is 20.3 Å². The summed E-state index contributed by atoms with van der Waals surface area (Å²) >= 11 is 0. The molecule has 2 aromatic carbocycles. The summed E-state index contributed by atoms with van der Waals surface area (Å²) in [6.45, 7) is 2.82. The first-order valence-electron chi connectivity index (χ1n) is 7.28. The molecule has 0 unspecified atom stereocenters. The zero-order valence-electron chi connectivity index (χ0n) is 12.1. The molecule has 1 amide bonds. The van der Waals surface area contributed by atoms with Crippen LogP contribution in [0.1, 0.15) is 40.4 Å². The Balaban J connectivity index is 1.87. The van der Waals surface area contributed by atoms with Crippen LogP contribution in [0.5, 0.6) is 0 Å². The lowest BCUT2D eigenvalue weighted by molar-refractivity contribution is 0.0735. The molecule has 1 atom stereocenters. The number of halogens is 1. The SMILES string of the molecule is Cc1cccc([C@H]2CCCN2C(=O)c2ccc(F)cc2)c1. The predicted molar refractivity (Wildman–Crippen MR) is 80.6 cm³/mol. The van der Waals surface area contributed by atoms with Gasteiger partial charge in [0.25, 0.3) is 5.91 Å². The van der Waals surface area contributed by atoms with E-state index in [1.54, 1.807) is 12.1 Å². The molecule has 1 saturated heterocycles. The van der Waals surface area contributed by atoms with Crippen LogP contribution in [0.4, 0.5) is 4.39 Å². The highest BCUT2D eigenvalue weighted by molar-refractivity contribution is 5.94. The molecule has 21 heavy (non-hydrogen) atoms. The predicted octanol–water partition coefficient (Wildman–Crippen LogP) is 4.11. The summed E-state index contributed by atoms with van der Waals surface area (Å²) in [4.78, 5) is 14.5. The molecular formula is C18H18FNO. The number of benzene rings is 2. The third-order valence-electron chi connectivity index (χ3n) is 4.03. The van der Waals surface area contributed by atoms with Gasteiger partial charge < -0.3 is 4.90 Å². The Kier molecular flexibility index (Phi) is 3.74. The van der Waals surface area contributed by atoms with Crippen molar-refractivity contribution in [2.24, 2.45) is 0 Å². The van der Waals surface area contributed by atoms with Gasteiger partial charge >= 0.3 is 0 Å².